The lowest BCUT2D eigenvalue weighted by Crippen LogP contribution is -2.59. The minimum Gasteiger partial charge on any atom is -0.481 e. The van der Waals surface area contributed by atoms with Gasteiger partial charge in [-0.3, -0.25) is 9.59 Å². The number of ketones is 1. The summed E-state index contributed by atoms with van der Waals surface area (Å²) in [6.45, 7) is 0.469. The van der Waals surface area contributed by atoms with E-state index in [9.17, 15) is 27.9 Å². The van der Waals surface area contributed by atoms with E-state index < -0.39 is 35.0 Å². The summed E-state index contributed by atoms with van der Waals surface area (Å²) in [5.41, 5.74) is -1.16. The molecule has 9 heteroatoms. The fourth-order valence-electron chi connectivity index (χ4n) is 3.63. The summed E-state index contributed by atoms with van der Waals surface area (Å²) in [7, 11) is 0. The predicted octanol–water partition coefficient (Wildman–Crippen LogP) is 2.52. The van der Waals surface area contributed by atoms with Crippen LogP contribution < -0.4 is 10.2 Å². The van der Waals surface area contributed by atoms with Crippen LogP contribution in [-0.4, -0.2) is 36.2 Å². The average molecular weight is 392 g/mol. The molecular formula is C19H15F3N2O4. The maximum absolute atomic E-state index is 12.9. The zero-order valence-corrected chi connectivity index (χ0v) is 14.4. The zero-order chi connectivity index (χ0) is 20.1. The van der Waals surface area contributed by atoms with Crippen molar-refractivity contribution < 1.29 is 32.7 Å². The second kappa shape index (κ2) is 6.30. The highest BCUT2D eigenvalue weighted by Gasteiger charge is 2.48. The Hall–Kier alpha value is -2.94. The van der Waals surface area contributed by atoms with Gasteiger partial charge in [0.25, 0.3) is 0 Å². The van der Waals surface area contributed by atoms with E-state index >= 15 is 0 Å². The summed E-state index contributed by atoms with van der Waals surface area (Å²) in [5, 5.41) is 16.1. The Labute approximate surface area is 157 Å². The number of nitrogens with one attached hydrogen (secondary N) is 1. The zero-order valence-electron chi connectivity index (χ0n) is 14.4. The molecule has 0 amide bonds. The number of hydrogen-bond donors (Lipinski definition) is 2. The first-order valence-electron chi connectivity index (χ1n) is 8.52. The number of nitrogens with zero attached hydrogens (tertiary/aromatic N) is 1. The Morgan fingerprint density at radius 3 is 2.61 bits per heavy atom. The molecule has 1 aromatic carbocycles. The monoisotopic (exact) mass is 392 g/mol. The number of carboxylic acid groups (broad SMARTS) is 1. The molecule has 0 spiro atoms. The first kappa shape index (κ1) is 18.4. The van der Waals surface area contributed by atoms with E-state index in [1.54, 1.807) is 12.2 Å². The third-order valence-corrected chi connectivity index (χ3v) is 5.38. The van der Waals surface area contributed by atoms with Crippen LogP contribution >= 0.6 is 0 Å². The summed E-state index contributed by atoms with van der Waals surface area (Å²) in [6, 6.07) is 3.08. The molecule has 6 nitrogen and oxygen atoms in total. The number of oxime groups is 1. The molecule has 2 aliphatic heterocycles. The SMILES string of the molecule is O=C1C=C(C2(C(=O)O)CNC2)C=CC1C1C=NOc2cc(C(F)(F)F)ccc21. The van der Waals surface area contributed by atoms with Gasteiger partial charge in [-0.25, -0.2) is 0 Å². The molecule has 4 rings (SSSR count). The van der Waals surface area contributed by atoms with Gasteiger partial charge in [0.2, 0.25) is 0 Å². The molecule has 1 aromatic rings. The highest BCUT2D eigenvalue weighted by Crippen LogP contribution is 2.42. The van der Waals surface area contributed by atoms with Crippen LogP contribution in [-0.2, 0) is 15.8 Å². The lowest BCUT2D eigenvalue weighted by Gasteiger charge is -2.40. The largest absolute Gasteiger partial charge is 0.481 e. The van der Waals surface area contributed by atoms with E-state index in [0.29, 0.717) is 11.1 Å². The number of carbonyl (C=O) groups excluding carboxylic acids is 1. The first-order valence-corrected chi connectivity index (χ1v) is 8.52. The van der Waals surface area contributed by atoms with Crippen LogP contribution in [0.2, 0.25) is 0 Å². The van der Waals surface area contributed by atoms with Crippen LogP contribution in [0.4, 0.5) is 13.2 Å². The minimum atomic E-state index is -4.52. The van der Waals surface area contributed by atoms with Gasteiger partial charge in [-0.1, -0.05) is 23.4 Å². The third kappa shape index (κ3) is 2.82. The van der Waals surface area contributed by atoms with Crippen molar-refractivity contribution in [3.8, 4) is 5.75 Å². The average Bonchev–Trinajstić information content (AvgIpc) is 2.59. The topological polar surface area (TPSA) is 88.0 Å². The first-order chi connectivity index (χ1) is 13.2. The number of halogens is 3. The normalized spacial score (nSPS) is 25.4. The maximum atomic E-state index is 12.9. The van der Waals surface area contributed by atoms with E-state index in [0.717, 1.165) is 12.1 Å². The summed E-state index contributed by atoms with van der Waals surface area (Å²) in [4.78, 5) is 29.3. The van der Waals surface area contributed by atoms with Crippen molar-refractivity contribution in [2.45, 2.75) is 12.1 Å². The molecular weight excluding hydrogens is 377 g/mol. The molecule has 1 saturated heterocycles. The minimum absolute atomic E-state index is 0.0523. The summed E-state index contributed by atoms with van der Waals surface area (Å²) in [5.74, 6) is -2.69. The van der Waals surface area contributed by atoms with Crippen molar-refractivity contribution in [2.24, 2.45) is 16.5 Å². The van der Waals surface area contributed by atoms with Gasteiger partial charge in [0.1, 0.15) is 5.41 Å². The van der Waals surface area contributed by atoms with E-state index in [1.165, 1.54) is 18.4 Å². The number of benzene rings is 1. The fourth-order valence-corrected chi connectivity index (χ4v) is 3.63. The number of alkyl halides is 3. The van der Waals surface area contributed by atoms with Crippen molar-refractivity contribution in [1.29, 1.82) is 0 Å². The lowest BCUT2D eigenvalue weighted by atomic mass is 9.70. The molecule has 28 heavy (non-hydrogen) atoms. The van der Waals surface area contributed by atoms with Crippen LogP contribution in [0.3, 0.4) is 0 Å². The predicted molar refractivity (Wildman–Crippen MR) is 92.0 cm³/mol. The van der Waals surface area contributed by atoms with Gasteiger partial charge in [0.05, 0.1) is 17.7 Å². The van der Waals surface area contributed by atoms with E-state index in [-0.39, 0.29) is 24.6 Å². The lowest BCUT2D eigenvalue weighted by molar-refractivity contribution is -0.149. The molecule has 2 N–H and O–H groups in total. The number of aliphatic carboxylic acids is 1. The van der Waals surface area contributed by atoms with Crippen molar-refractivity contribution in [2.75, 3.05) is 13.1 Å². The Bertz CT molecular complexity index is 945. The molecule has 0 radical (unpaired) electrons. The summed E-state index contributed by atoms with van der Waals surface area (Å²) >= 11 is 0. The van der Waals surface area contributed by atoms with Gasteiger partial charge >= 0.3 is 12.1 Å². The Balaban J connectivity index is 1.63. The molecule has 2 heterocycles. The van der Waals surface area contributed by atoms with Gasteiger partial charge in [0, 0.05) is 24.6 Å². The molecule has 3 aliphatic rings. The highest BCUT2D eigenvalue weighted by molar-refractivity contribution is 6.00. The van der Waals surface area contributed by atoms with Crippen LogP contribution in [0.5, 0.6) is 5.75 Å². The quantitative estimate of drug-likeness (QED) is 0.826. The Morgan fingerprint density at radius 1 is 1.29 bits per heavy atom. The van der Waals surface area contributed by atoms with Gasteiger partial charge in [0.15, 0.2) is 11.5 Å². The molecule has 0 aromatic heterocycles. The molecule has 0 saturated carbocycles. The highest BCUT2D eigenvalue weighted by atomic mass is 19.4. The van der Waals surface area contributed by atoms with Gasteiger partial charge in [-0.15, -0.1) is 0 Å². The standard InChI is InChI=1S/C19H15F3N2O4/c20-19(21,22)11-2-4-13-14(7-24-28-16(13)6-11)12-3-1-10(5-15(12)25)18(17(26)27)8-23-9-18/h1-7,12,14,23H,8-9H2,(H,26,27). The molecule has 2 atom stereocenters. The Morgan fingerprint density at radius 2 is 2.04 bits per heavy atom. The van der Waals surface area contributed by atoms with Gasteiger partial charge in [-0.2, -0.15) is 13.2 Å². The second-order valence-corrected chi connectivity index (χ2v) is 7.00. The molecule has 146 valence electrons. The molecule has 0 bridgehead atoms. The number of carbonyl (C=O) groups is 2. The number of allylic oxidation sites excluding steroid dienone is 3. The smallest absolute Gasteiger partial charge is 0.416 e. The van der Waals surface area contributed by atoms with E-state index in [2.05, 4.69) is 10.5 Å². The van der Waals surface area contributed by atoms with Crippen LogP contribution in [0.15, 0.2) is 47.2 Å². The second-order valence-electron chi connectivity index (χ2n) is 7.00. The number of hydrogen-bond acceptors (Lipinski definition) is 5. The van der Waals surface area contributed by atoms with Crippen LogP contribution in [0, 0.1) is 11.3 Å². The third-order valence-electron chi connectivity index (χ3n) is 5.38. The van der Waals surface area contributed by atoms with Crippen molar-refractivity contribution in [3.63, 3.8) is 0 Å². The van der Waals surface area contributed by atoms with Crippen LogP contribution in [0.1, 0.15) is 17.0 Å². The molecule has 2 unspecified atom stereocenters. The van der Waals surface area contributed by atoms with E-state index in [1.807, 2.05) is 0 Å². The van der Waals surface area contributed by atoms with Crippen molar-refractivity contribution in [1.82, 2.24) is 5.32 Å². The van der Waals surface area contributed by atoms with Gasteiger partial charge in [-0.05, 0) is 23.8 Å². The van der Waals surface area contributed by atoms with Gasteiger partial charge < -0.3 is 15.3 Å². The maximum Gasteiger partial charge on any atom is 0.416 e. The summed E-state index contributed by atoms with van der Waals surface area (Å²) in [6.07, 6.45) is 1.36. The fraction of sp³-hybridized carbons (Fsp3) is 0.316. The summed E-state index contributed by atoms with van der Waals surface area (Å²) < 4.78 is 38.7. The number of carboxylic acids is 1. The van der Waals surface area contributed by atoms with Crippen molar-refractivity contribution in [3.05, 3.63) is 53.1 Å². The molecule has 1 aliphatic carbocycles. The number of rotatable bonds is 3. The van der Waals surface area contributed by atoms with Crippen LogP contribution in [0.25, 0.3) is 0 Å². The number of fused-ring (bicyclic) bond motifs is 1. The molecule has 1 fully saturated rings. The Kier molecular flexibility index (Phi) is 4.15. The van der Waals surface area contributed by atoms with Crippen molar-refractivity contribution >= 4 is 18.0 Å². The van der Waals surface area contributed by atoms with E-state index in [4.69, 9.17) is 4.84 Å².